The molecule has 2 aromatic carbocycles. The monoisotopic (exact) mass is 444 g/mol. The van der Waals surface area contributed by atoms with E-state index in [0.717, 1.165) is 33.5 Å². The summed E-state index contributed by atoms with van der Waals surface area (Å²) in [5.41, 5.74) is 4.95. The van der Waals surface area contributed by atoms with Crippen LogP contribution in [0.3, 0.4) is 0 Å². The van der Waals surface area contributed by atoms with Crippen LogP contribution in [0.1, 0.15) is 36.7 Å². The number of hydrogen-bond acceptors (Lipinski definition) is 5. The number of fused-ring (bicyclic) bond motifs is 1. The number of ether oxygens (including phenoxy) is 1. The van der Waals surface area contributed by atoms with Crippen LogP contribution in [-0.4, -0.2) is 37.7 Å². The minimum atomic E-state index is -0.971. The van der Waals surface area contributed by atoms with Crippen LogP contribution in [0.5, 0.6) is 0 Å². The number of carbonyl (C=O) groups excluding carboxylic acids is 1. The van der Waals surface area contributed by atoms with Crippen molar-refractivity contribution in [2.24, 2.45) is 0 Å². The van der Waals surface area contributed by atoms with Gasteiger partial charge in [0.05, 0.1) is 11.3 Å². The number of carboxylic acid groups (broad SMARTS) is 1. The Kier molecular flexibility index (Phi) is 5.59. The van der Waals surface area contributed by atoms with Gasteiger partial charge in [-0.15, -0.1) is 0 Å². The Morgan fingerprint density at radius 3 is 2.45 bits per heavy atom. The van der Waals surface area contributed by atoms with Crippen molar-refractivity contribution in [2.75, 3.05) is 5.32 Å². The van der Waals surface area contributed by atoms with Gasteiger partial charge < -0.3 is 14.8 Å². The fourth-order valence-corrected chi connectivity index (χ4v) is 3.54. The summed E-state index contributed by atoms with van der Waals surface area (Å²) in [5.74, 6) is -0.971. The number of benzene rings is 2. The molecule has 0 aliphatic rings. The molecule has 0 unspecified atom stereocenters. The van der Waals surface area contributed by atoms with Gasteiger partial charge in [0.25, 0.3) is 0 Å². The van der Waals surface area contributed by atoms with E-state index in [-0.39, 0.29) is 5.56 Å². The highest BCUT2D eigenvalue weighted by atomic mass is 16.6. The first-order valence-electron chi connectivity index (χ1n) is 10.4. The van der Waals surface area contributed by atoms with Gasteiger partial charge in [0, 0.05) is 22.3 Å². The summed E-state index contributed by atoms with van der Waals surface area (Å²) in [7, 11) is 0. The van der Waals surface area contributed by atoms with Crippen LogP contribution in [0.25, 0.3) is 33.5 Å². The van der Waals surface area contributed by atoms with Crippen molar-refractivity contribution in [3.05, 3.63) is 66.0 Å². The number of aromatic amines is 1. The molecule has 0 saturated carbocycles. The van der Waals surface area contributed by atoms with E-state index in [4.69, 9.17) is 9.84 Å². The van der Waals surface area contributed by atoms with E-state index in [1.807, 2.05) is 52.0 Å². The lowest BCUT2D eigenvalue weighted by atomic mass is 10.0. The molecule has 8 heteroatoms. The molecule has 0 saturated heterocycles. The zero-order valence-electron chi connectivity index (χ0n) is 18.8. The lowest BCUT2D eigenvalue weighted by Crippen LogP contribution is -2.27. The van der Waals surface area contributed by atoms with E-state index in [0.29, 0.717) is 11.3 Å². The highest BCUT2D eigenvalue weighted by molar-refractivity contribution is 5.97. The Morgan fingerprint density at radius 1 is 1.06 bits per heavy atom. The first-order chi connectivity index (χ1) is 15.6. The Hall–Kier alpha value is -4.20. The number of carboxylic acids is 1. The molecule has 168 valence electrons. The van der Waals surface area contributed by atoms with Gasteiger partial charge in [-0.05, 0) is 63.1 Å². The summed E-state index contributed by atoms with van der Waals surface area (Å²) in [6.45, 7) is 7.35. The van der Waals surface area contributed by atoms with Gasteiger partial charge in [0.2, 0.25) is 0 Å². The molecule has 8 nitrogen and oxygen atoms in total. The number of aromatic carboxylic acids is 1. The number of hydrogen-bond donors (Lipinski definition) is 3. The molecule has 0 atom stereocenters. The molecular weight excluding hydrogens is 420 g/mol. The molecular formula is C25H24N4O4. The van der Waals surface area contributed by atoms with Gasteiger partial charge in [0.1, 0.15) is 17.6 Å². The normalized spacial score (nSPS) is 11.4. The van der Waals surface area contributed by atoms with E-state index in [9.17, 15) is 9.59 Å². The Balaban J connectivity index is 1.72. The van der Waals surface area contributed by atoms with Gasteiger partial charge in [-0.25, -0.2) is 19.6 Å². The number of aromatic nitrogens is 3. The molecule has 0 radical (unpaired) electrons. The van der Waals surface area contributed by atoms with E-state index in [2.05, 4.69) is 20.3 Å². The highest BCUT2D eigenvalue weighted by Crippen LogP contribution is 2.34. The third-order valence-electron chi connectivity index (χ3n) is 5.09. The second-order valence-corrected chi connectivity index (χ2v) is 8.66. The van der Waals surface area contributed by atoms with Crippen LogP contribution >= 0.6 is 0 Å². The van der Waals surface area contributed by atoms with Crippen LogP contribution in [0.2, 0.25) is 0 Å². The van der Waals surface area contributed by atoms with Crippen molar-refractivity contribution in [1.82, 2.24) is 15.0 Å². The molecule has 33 heavy (non-hydrogen) atoms. The first kappa shape index (κ1) is 22.0. The third-order valence-corrected chi connectivity index (χ3v) is 5.09. The number of H-pyrrole nitrogens is 1. The summed E-state index contributed by atoms with van der Waals surface area (Å²) in [6, 6.07) is 14.2. The number of anilines is 1. The van der Waals surface area contributed by atoms with Crippen molar-refractivity contribution in [1.29, 1.82) is 0 Å². The molecule has 0 aliphatic carbocycles. The summed E-state index contributed by atoms with van der Waals surface area (Å²) in [6.07, 6.45) is 0.961. The summed E-state index contributed by atoms with van der Waals surface area (Å²) < 4.78 is 5.37. The maximum atomic E-state index is 12.3. The van der Waals surface area contributed by atoms with Crippen LogP contribution in [0.4, 0.5) is 10.5 Å². The first-order valence-corrected chi connectivity index (χ1v) is 10.4. The van der Waals surface area contributed by atoms with Gasteiger partial charge in [-0.1, -0.05) is 24.3 Å². The smallest absolute Gasteiger partial charge is 0.412 e. The zero-order chi connectivity index (χ0) is 23.8. The van der Waals surface area contributed by atoms with Gasteiger partial charge in [0.15, 0.2) is 0 Å². The molecule has 2 heterocycles. The fraction of sp³-hybridized carbons (Fsp3) is 0.200. The van der Waals surface area contributed by atoms with Crippen molar-refractivity contribution in [2.45, 2.75) is 33.3 Å². The molecule has 0 bridgehead atoms. The van der Waals surface area contributed by atoms with Crippen molar-refractivity contribution >= 4 is 28.8 Å². The summed E-state index contributed by atoms with van der Waals surface area (Å²) in [4.78, 5) is 35.5. The zero-order valence-corrected chi connectivity index (χ0v) is 18.8. The minimum absolute atomic E-state index is 0.222. The number of amides is 1. The van der Waals surface area contributed by atoms with Gasteiger partial charge in [-0.3, -0.25) is 5.32 Å². The van der Waals surface area contributed by atoms with Crippen molar-refractivity contribution in [3.8, 4) is 22.5 Å². The summed E-state index contributed by atoms with van der Waals surface area (Å²) >= 11 is 0. The molecule has 0 fully saturated rings. The number of carbonyl (C=O) groups is 2. The topological polar surface area (TPSA) is 117 Å². The van der Waals surface area contributed by atoms with Crippen LogP contribution in [0, 0.1) is 6.92 Å². The summed E-state index contributed by atoms with van der Waals surface area (Å²) in [5, 5.41) is 12.7. The van der Waals surface area contributed by atoms with E-state index >= 15 is 0 Å². The van der Waals surface area contributed by atoms with Crippen molar-refractivity contribution < 1.29 is 19.4 Å². The van der Waals surface area contributed by atoms with Crippen LogP contribution in [-0.2, 0) is 4.74 Å². The van der Waals surface area contributed by atoms with Crippen LogP contribution in [0.15, 0.2) is 54.9 Å². The standard InChI is InChI=1S/C25H24N4O4/c1-14-17(6-5-7-19(14)29-24(32)33-25(2,3)4)21-18-12-20(28-22(18)27-13-26-21)15-8-10-16(11-9-15)23(30)31/h5-13H,1-4H3,(H,29,32)(H,30,31)(H,26,27,28). The molecule has 4 rings (SSSR count). The number of nitrogens with one attached hydrogen (secondary N) is 2. The minimum Gasteiger partial charge on any atom is -0.478 e. The second-order valence-electron chi connectivity index (χ2n) is 8.66. The largest absolute Gasteiger partial charge is 0.478 e. The maximum absolute atomic E-state index is 12.3. The lowest BCUT2D eigenvalue weighted by Gasteiger charge is -2.20. The molecule has 2 aromatic heterocycles. The number of rotatable bonds is 4. The van der Waals surface area contributed by atoms with Gasteiger partial charge in [-0.2, -0.15) is 0 Å². The van der Waals surface area contributed by atoms with Gasteiger partial charge >= 0.3 is 12.1 Å². The molecule has 1 amide bonds. The molecule has 0 spiro atoms. The highest BCUT2D eigenvalue weighted by Gasteiger charge is 2.19. The fourth-order valence-electron chi connectivity index (χ4n) is 3.54. The Bertz CT molecular complexity index is 1350. The SMILES string of the molecule is Cc1c(NC(=O)OC(C)(C)C)cccc1-c1ncnc2[nH]c(-c3ccc(C(=O)O)cc3)cc12. The second kappa shape index (κ2) is 8.38. The molecule has 0 aliphatic heterocycles. The van der Waals surface area contributed by atoms with E-state index < -0.39 is 17.7 Å². The van der Waals surface area contributed by atoms with E-state index in [1.54, 1.807) is 24.3 Å². The van der Waals surface area contributed by atoms with Crippen LogP contribution < -0.4 is 5.32 Å². The Labute approximate surface area is 190 Å². The predicted molar refractivity (Wildman–Crippen MR) is 126 cm³/mol. The lowest BCUT2D eigenvalue weighted by molar-refractivity contribution is 0.0634. The Morgan fingerprint density at radius 2 is 1.79 bits per heavy atom. The molecule has 4 aromatic rings. The molecule has 3 N–H and O–H groups in total. The third kappa shape index (κ3) is 4.69. The van der Waals surface area contributed by atoms with E-state index in [1.165, 1.54) is 6.33 Å². The average molecular weight is 444 g/mol. The van der Waals surface area contributed by atoms with Crippen molar-refractivity contribution in [3.63, 3.8) is 0 Å². The average Bonchev–Trinajstić information content (AvgIpc) is 3.18. The predicted octanol–water partition coefficient (Wildman–Crippen LogP) is 5.65. The number of nitrogens with zero attached hydrogens (tertiary/aromatic N) is 2. The quantitative estimate of drug-likeness (QED) is 0.375. The maximum Gasteiger partial charge on any atom is 0.412 e.